The summed E-state index contributed by atoms with van der Waals surface area (Å²) in [4.78, 5) is 16.0. The Balaban J connectivity index is 1.70. The number of ether oxygens (including phenoxy) is 1. The highest BCUT2D eigenvalue weighted by Gasteiger charge is 2.17. The molecule has 1 fully saturated rings. The van der Waals surface area contributed by atoms with Crippen molar-refractivity contribution in [2.24, 2.45) is 0 Å². The molecule has 5 nitrogen and oxygen atoms in total. The molecule has 1 amide bonds. The second-order valence-corrected chi connectivity index (χ2v) is 6.14. The first-order chi connectivity index (χ1) is 10.6. The number of likely N-dealkylation sites (N-methyl/N-ethyl adjacent to an activating group) is 1. The first kappa shape index (κ1) is 17.3. The van der Waals surface area contributed by atoms with Gasteiger partial charge in [0.25, 0.3) is 0 Å². The predicted octanol–water partition coefficient (Wildman–Crippen LogP) is 1.74. The van der Waals surface area contributed by atoms with Gasteiger partial charge in [-0.25, -0.2) is 0 Å². The molecule has 122 valence electrons. The third-order valence-corrected chi connectivity index (χ3v) is 4.03. The molecular weight excluding hydrogens is 325 g/mol. The summed E-state index contributed by atoms with van der Waals surface area (Å²) in [6.45, 7) is 4.82. The maximum Gasteiger partial charge on any atom is 0.236 e. The largest absolute Gasteiger partial charge is 0.491 e. The van der Waals surface area contributed by atoms with Gasteiger partial charge in [-0.1, -0.05) is 23.2 Å². The van der Waals surface area contributed by atoms with Crippen LogP contribution in [0.1, 0.15) is 0 Å². The summed E-state index contributed by atoms with van der Waals surface area (Å²) in [5.41, 5.74) is 0. The Morgan fingerprint density at radius 2 is 2.09 bits per heavy atom. The van der Waals surface area contributed by atoms with Gasteiger partial charge in [0.15, 0.2) is 0 Å². The summed E-state index contributed by atoms with van der Waals surface area (Å²) in [5, 5.41) is 4.31. The number of carbonyl (C=O) groups is 1. The molecule has 1 saturated heterocycles. The fourth-order valence-corrected chi connectivity index (χ4v) is 2.69. The van der Waals surface area contributed by atoms with Crippen LogP contribution < -0.4 is 10.1 Å². The standard InChI is InChI=1S/C15H21Cl2N3O2/c1-19(11-15(21)20-6-4-18-5-7-20)8-9-22-14-3-2-12(16)10-13(14)17/h2-3,10,18H,4-9,11H2,1H3. The van der Waals surface area contributed by atoms with Crippen LogP contribution in [0.4, 0.5) is 0 Å². The number of nitrogens with zero attached hydrogens (tertiary/aromatic N) is 2. The smallest absolute Gasteiger partial charge is 0.236 e. The lowest BCUT2D eigenvalue weighted by atomic mass is 10.3. The van der Waals surface area contributed by atoms with Crippen LogP contribution >= 0.6 is 23.2 Å². The van der Waals surface area contributed by atoms with Gasteiger partial charge in [-0.2, -0.15) is 0 Å². The number of piperazine rings is 1. The molecule has 1 aliphatic rings. The molecular formula is C15H21Cl2N3O2. The zero-order chi connectivity index (χ0) is 15.9. The van der Waals surface area contributed by atoms with E-state index in [1.54, 1.807) is 18.2 Å². The zero-order valence-corrected chi connectivity index (χ0v) is 14.2. The number of rotatable bonds is 6. The summed E-state index contributed by atoms with van der Waals surface area (Å²) in [6, 6.07) is 5.13. The van der Waals surface area contributed by atoms with Crippen LogP contribution in [0.5, 0.6) is 5.75 Å². The molecule has 1 heterocycles. The van der Waals surface area contributed by atoms with Gasteiger partial charge in [-0.3, -0.25) is 9.69 Å². The third-order valence-electron chi connectivity index (χ3n) is 3.50. The summed E-state index contributed by atoms with van der Waals surface area (Å²) < 4.78 is 5.62. The maximum absolute atomic E-state index is 12.1. The second kappa shape index (κ2) is 8.58. The molecule has 0 aliphatic carbocycles. The Morgan fingerprint density at radius 3 is 2.77 bits per heavy atom. The molecule has 0 radical (unpaired) electrons. The van der Waals surface area contributed by atoms with Crippen molar-refractivity contribution < 1.29 is 9.53 Å². The number of hydrogen-bond acceptors (Lipinski definition) is 4. The number of nitrogens with one attached hydrogen (secondary N) is 1. The predicted molar refractivity (Wildman–Crippen MR) is 88.9 cm³/mol. The van der Waals surface area contributed by atoms with Gasteiger partial charge in [0, 0.05) is 37.7 Å². The Bertz CT molecular complexity index is 508. The van der Waals surface area contributed by atoms with Gasteiger partial charge in [-0.15, -0.1) is 0 Å². The van der Waals surface area contributed by atoms with E-state index in [4.69, 9.17) is 27.9 Å². The molecule has 0 saturated carbocycles. The van der Waals surface area contributed by atoms with Crippen LogP contribution in [-0.4, -0.2) is 68.6 Å². The van der Waals surface area contributed by atoms with Crippen molar-refractivity contribution in [3.8, 4) is 5.75 Å². The minimum absolute atomic E-state index is 0.161. The molecule has 1 aliphatic heterocycles. The molecule has 22 heavy (non-hydrogen) atoms. The van der Waals surface area contributed by atoms with Crippen molar-refractivity contribution in [1.82, 2.24) is 15.1 Å². The number of halogens is 2. The van der Waals surface area contributed by atoms with E-state index >= 15 is 0 Å². The molecule has 0 unspecified atom stereocenters. The highest BCUT2D eigenvalue weighted by Crippen LogP contribution is 2.27. The average molecular weight is 346 g/mol. The Hall–Kier alpha value is -1.01. The maximum atomic E-state index is 12.1. The Labute approximate surface area is 141 Å². The lowest BCUT2D eigenvalue weighted by molar-refractivity contribution is -0.132. The molecule has 0 bridgehead atoms. The SMILES string of the molecule is CN(CCOc1ccc(Cl)cc1Cl)CC(=O)N1CCNCC1. The van der Waals surface area contributed by atoms with Gasteiger partial charge >= 0.3 is 0 Å². The van der Waals surface area contributed by atoms with Crippen LogP contribution in [0.25, 0.3) is 0 Å². The van der Waals surface area contributed by atoms with E-state index in [1.165, 1.54) is 0 Å². The van der Waals surface area contributed by atoms with E-state index in [2.05, 4.69) is 5.32 Å². The van der Waals surface area contributed by atoms with Crippen LogP contribution in [-0.2, 0) is 4.79 Å². The van der Waals surface area contributed by atoms with Gasteiger partial charge in [0.2, 0.25) is 5.91 Å². The van der Waals surface area contributed by atoms with Gasteiger partial charge in [0.05, 0.1) is 11.6 Å². The molecule has 1 N–H and O–H groups in total. The molecule has 0 aromatic heterocycles. The van der Waals surface area contributed by atoms with Crippen LogP contribution in [0, 0.1) is 0 Å². The van der Waals surface area contributed by atoms with Crippen LogP contribution in [0.15, 0.2) is 18.2 Å². The monoisotopic (exact) mass is 345 g/mol. The fraction of sp³-hybridized carbons (Fsp3) is 0.533. The van der Waals surface area contributed by atoms with E-state index < -0.39 is 0 Å². The van der Waals surface area contributed by atoms with Crippen molar-refractivity contribution in [2.45, 2.75) is 0 Å². The Kier molecular flexibility index (Phi) is 6.76. The zero-order valence-electron chi connectivity index (χ0n) is 12.6. The van der Waals surface area contributed by atoms with Crippen molar-refractivity contribution in [3.63, 3.8) is 0 Å². The summed E-state index contributed by atoms with van der Waals surface area (Å²) >= 11 is 11.9. The first-order valence-electron chi connectivity index (χ1n) is 7.31. The van der Waals surface area contributed by atoms with Gasteiger partial charge in [0.1, 0.15) is 12.4 Å². The normalized spacial score (nSPS) is 15.2. The molecule has 7 heteroatoms. The van der Waals surface area contributed by atoms with Crippen LogP contribution in [0.2, 0.25) is 10.0 Å². The van der Waals surface area contributed by atoms with Crippen molar-refractivity contribution >= 4 is 29.1 Å². The number of amides is 1. The molecule has 1 aromatic carbocycles. The molecule has 0 atom stereocenters. The average Bonchev–Trinajstić information content (AvgIpc) is 2.50. The summed E-state index contributed by atoms with van der Waals surface area (Å²) in [6.07, 6.45) is 0. The minimum atomic E-state index is 0.161. The molecule has 0 spiro atoms. The first-order valence-corrected chi connectivity index (χ1v) is 8.07. The molecule has 1 aromatic rings. The van der Waals surface area contributed by atoms with E-state index in [0.29, 0.717) is 35.5 Å². The summed E-state index contributed by atoms with van der Waals surface area (Å²) in [5.74, 6) is 0.765. The van der Waals surface area contributed by atoms with Gasteiger partial charge in [-0.05, 0) is 25.2 Å². The third kappa shape index (κ3) is 5.32. The summed E-state index contributed by atoms with van der Waals surface area (Å²) in [7, 11) is 1.91. The number of benzene rings is 1. The van der Waals surface area contributed by atoms with Gasteiger partial charge < -0.3 is 15.0 Å². The molecule has 2 rings (SSSR count). The van der Waals surface area contributed by atoms with Crippen molar-refractivity contribution in [2.75, 3.05) is 52.9 Å². The van der Waals surface area contributed by atoms with Crippen LogP contribution in [0.3, 0.4) is 0 Å². The topological polar surface area (TPSA) is 44.8 Å². The highest BCUT2D eigenvalue weighted by atomic mass is 35.5. The number of hydrogen-bond donors (Lipinski definition) is 1. The quantitative estimate of drug-likeness (QED) is 0.852. The lowest BCUT2D eigenvalue weighted by Crippen LogP contribution is -2.49. The van der Waals surface area contributed by atoms with E-state index in [-0.39, 0.29) is 5.91 Å². The van der Waals surface area contributed by atoms with E-state index in [0.717, 1.165) is 26.2 Å². The fourth-order valence-electron chi connectivity index (χ4n) is 2.23. The Morgan fingerprint density at radius 1 is 1.36 bits per heavy atom. The highest BCUT2D eigenvalue weighted by molar-refractivity contribution is 6.35. The van der Waals surface area contributed by atoms with Crippen molar-refractivity contribution in [1.29, 1.82) is 0 Å². The van der Waals surface area contributed by atoms with E-state index in [9.17, 15) is 4.79 Å². The minimum Gasteiger partial charge on any atom is -0.491 e. The van der Waals surface area contributed by atoms with Crippen molar-refractivity contribution in [3.05, 3.63) is 28.2 Å². The number of carbonyl (C=O) groups excluding carboxylic acids is 1. The second-order valence-electron chi connectivity index (χ2n) is 5.29. The van der Waals surface area contributed by atoms with E-state index in [1.807, 2.05) is 16.8 Å². The lowest BCUT2D eigenvalue weighted by Gasteiger charge is -2.29.